The van der Waals surface area contributed by atoms with E-state index in [1.165, 1.54) is 13.8 Å². The van der Waals surface area contributed by atoms with Crippen molar-refractivity contribution < 1.29 is 43.7 Å². The number of amides is 2. The minimum absolute atomic E-state index is 0.118. The Hall–Kier alpha value is -5.23. The van der Waals surface area contributed by atoms with E-state index in [0.29, 0.717) is 5.56 Å². The lowest BCUT2D eigenvalue weighted by atomic mass is 9.88. The zero-order valence-electron chi connectivity index (χ0n) is 28.3. The number of carboxylic acids is 2. The zero-order valence-corrected chi connectivity index (χ0v) is 28.3. The van der Waals surface area contributed by atoms with E-state index in [4.69, 9.17) is 9.47 Å². The molecule has 0 bridgehead atoms. The van der Waals surface area contributed by atoms with Crippen molar-refractivity contribution in [2.24, 2.45) is 0 Å². The highest BCUT2D eigenvalue weighted by Crippen LogP contribution is 2.45. The van der Waals surface area contributed by atoms with Crippen LogP contribution in [0.4, 0.5) is 4.79 Å². The molecule has 1 aliphatic carbocycles. The average Bonchev–Trinajstić information content (AvgIpc) is 3.36. The van der Waals surface area contributed by atoms with Crippen LogP contribution in [-0.2, 0) is 35.1 Å². The Morgan fingerprint density at radius 3 is 1.88 bits per heavy atom. The molecule has 2 atom stereocenters. The number of carbonyl (C=O) groups is 5. The first kappa shape index (κ1) is 36.6. The molecule has 0 saturated heterocycles. The number of nitrogens with one attached hydrogen (secondary N) is 2. The fourth-order valence-corrected chi connectivity index (χ4v) is 6.20. The standard InChI is InChI=1S/C37H43N3O9/c1-36(2,3)49-35(47)38-20-19-29(41)40(28(32(42)43)21-23-13-7-6-8-14-23)37(4,5)31(33(44)45)39-22-48-34(46)30-26-17-11-9-15-24(26)25-16-10-12-18-27(25)30/h6-18,28,30-31,39H,19-22H2,1-5H3,(H,38,47)(H,42,43)(H,44,45)/t28-,31+/m0/s1. The van der Waals surface area contributed by atoms with Crippen LogP contribution in [0.3, 0.4) is 0 Å². The Labute approximate surface area is 285 Å². The molecule has 0 saturated carbocycles. The van der Waals surface area contributed by atoms with Gasteiger partial charge in [0.1, 0.15) is 30.3 Å². The molecule has 2 amide bonds. The van der Waals surface area contributed by atoms with Crippen LogP contribution in [0.2, 0.25) is 0 Å². The maximum absolute atomic E-state index is 13.9. The SMILES string of the molecule is CC(C)(C)OC(=O)NCCC(=O)N([C@@H](Cc1ccccc1)C(=O)O)C(C)(C)[C@H](NCOC(=O)C1c2ccccc2-c2ccccc21)C(=O)O. The molecule has 1 aliphatic rings. The first-order valence-electron chi connectivity index (χ1n) is 16.0. The van der Waals surface area contributed by atoms with Crippen LogP contribution in [0.1, 0.15) is 63.6 Å². The number of benzene rings is 3. The Morgan fingerprint density at radius 1 is 0.796 bits per heavy atom. The number of ether oxygens (including phenoxy) is 2. The monoisotopic (exact) mass is 673 g/mol. The van der Waals surface area contributed by atoms with Crippen molar-refractivity contribution >= 4 is 29.9 Å². The normalized spacial score (nSPS) is 13.7. The summed E-state index contributed by atoms with van der Waals surface area (Å²) in [6.45, 7) is 7.21. The quantitative estimate of drug-likeness (QED) is 0.140. The largest absolute Gasteiger partial charge is 0.480 e. The van der Waals surface area contributed by atoms with E-state index in [9.17, 15) is 34.2 Å². The Morgan fingerprint density at radius 2 is 1.35 bits per heavy atom. The first-order valence-corrected chi connectivity index (χ1v) is 16.0. The summed E-state index contributed by atoms with van der Waals surface area (Å²) in [6.07, 6.45) is -1.22. The number of carboxylic acid groups (broad SMARTS) is 2. The van der Waals surface area contributed by atoms with Crippen molar-refractivity contribution in [1.82, 2.24) is 15.5 Å². The van der Waals surface area contributed by atoms with Crippen LogP contribution in [-0.4, -0.2) is 81.5 Å². The van der Waals surface area contributed by atoms with Gasteiger partial charge in [0, 0.05) is 19.4 Å². The molecule has 0 aliphatic heterocycles. The molecule has 3 aromatic carbocycles. The van der Waals surface area contributed by atoms with Gasteiger partial charge in [-0.05, 0) is 62.4 Å². The summed E-state index contributed by atoms with van der Waals surface area (Å²) in [6, 6.07) is 20.5. The number of fused-ring (bicyclic) bond motifs is 3. The number of nitrogens with zero attached hydrogens (tertiary/aromatic N) is 1. The lowest BCUT2D eigenvalue weighted by Gasteiger charge is -2.45. The zero-order chi connectivity index (χ0) is 35.9. The number of hydrogen-bond acceptors (Lipinski definition) is 8. The molecule has 0 radical (unpaired) electrons. The number of alkyl carbamates (subject to hydrolysis) is 1. The number of esters is 1. The minimum Gasteiger partial charge on any atom is -0.480 e. The Kier molecular flexibility index (Phi) is 11.5. The molecule has 12 nitrogen and oxygen atoms in total. The van der Waals surface area contributed by atoms with Gasteiger partial charge in [-0.15, -0.1) is 0 Å². The molecule has 4 N–H and O–H groups in total. The molecule has 4 rings (SSSR count). The van der Waals surface area contributed by atoms with E-state index in [1.54, 1.807) is 51.1 Å². The van der Waals surface area contributed by atoms with E-state index >= 15 is 0 Å². The van der Waals surface area contributed by atoms with Crippen LogP contribution < -0.4 is 10.6 Å². The van der Waals surface area contributed by atoms with E-state index in [0.717, 1.165) is 27.2 Å². The van der Waals surface area contributed by atoms with E-state index in [-0.39, 0.29) is 19.4 Å². The fourth-order valence-electron chi connectivity index (χ4n) is 6.20. The number of hydrogen-bond donors (Lipinski definition) is 4. The van der Waals surface area contributed by atoms with Gasteiger partial charge in [0.05, 0.1) is 5.54 Å². The summed E-state index contributed by atoms with van der Waals surface area (Å²) < 4.78 is 10.8. The summed E-state index contributed by atoms with van der Waals surface area (Å²) >= 11 is 0. The van der Waals surface area contributed by atoms with Crippen molar-refractivity contribution in [3.8, 4) is 11.1 Å². The van der Waals surface area contributed by atoms with Gasteiger partial charge in [0.2, 0.25) is 5.91 Å². The highest BCUT2D eigenvalue weighted by atomic mass is 16.6. The molecule has 0 unspecified atom stereocenters. The third kappa shape index (κ3) is 8.82. The van der Waals surface area contributed by atoms with Gasteiger partial charge < -0.3 is 29.9 Å². The molecular weight excluding hydrogens is 630 g/mol. The average molecular weight is 674 g/mol. The fraction of sp³-hybridized carbons (Fsp3) is 0.378. The third-order valence-corrected chi connectivity index (χ3v) is 8.29. The molecule has 0 spiro atoms. The summed E-state index contributed by atoms with van der Waals surface area (Å²) in [5.74, 6) is -4.77. The summed E-state index contributed by atoms with van der Waals surface area (Å²) in [5.41, 5.74) is 1.50. The second-order valence-corrected chi connectivity index (χ2v) is 13.3. The van der Waals surface area contributed by atoms with E-state index < -0.39 is 65.8 Å². The van der Waals surface area contributed by atoms with Crippen molar-refractivity contribution in [3.05, 3.63) is 95.6 Å². The molecular formula is C37H43N3O9. The predicted molar refractivity (Wildman–Crippen MR) is 181 cm³/mol. The number of carbonyl (C=O) groups excluding carboxylic acids is 3. The van der Waals surface area contributed by atoms with Crippen LogP contribution in [0.25, 0.3) is 11.1 Å². The number of rotatable bonds is 14. The maximum Gasteiger partial charge on any atom is 0.407 e. The molecule has 12 heteroatoms. The van der Waals surface area contributed by atoms with Crippen molar-refractivity contribution in [2.45, 2.75) is 76.6 Å². The predicted octanol–water partition coefficient (Wildman–Crippen LogP) is 4.56. The summed E-state index contributed by atoms with van der Waals surface area (Å²) in [5, 5.41) is 26.0. The maximum atomic E-state index is 13.9. The van der Waals surface area contributed by atoms with Crippen LogP contribution >= 0.6 is 0 Å². The lowest BCUT2D eigenvalue weighted by molar-refractivity contribution is -0.162. The summed E-state index contributed by atoms with van der Waals surface area (Å²) in [4.78, 5) is 66.1. The van der Waals surface area contributed by atoms with Crippen LogP contribution in [0, 0.1) is 0 Å². The van der Waals surface area contributed by atoms with Crippen molar-refractivity contribution in [3.63, 3.8) is 0 Å². The lowest BCUT2D eigenvalue weighted by Crippen LogP contribution is -2.67. The second kappa shape index (κ2) is 15.3. The first-order chi connectivity index (χ1) is 23.1. The molecule has 0 aromatic heterocycles. The smallest absolute Gasteiger partial charge is 0.407 e. The van der Waals surface area contributed by atoms with Gasteiger partial charge in [-0.1, -0.05) is 78.9 Å². The third-order valence-electron chi connectivity index (χ3n) is 8.29. The van der Waals surface area contributed by atoms with E-state index in [1.807, 2.05) is 48.5 Å². The van der Waals surface area contributed by atoms with Crippen LogP contribution in [0.15, 0.2) is 78.9 Å². The second-order valence-electron chi connectivity index (χ2n) is 13.3. The molecule has 260 valence electrons. The van der Waals surface area contributed by atoms with E-state index in [2.05, 4.69) is 10.6 Å². The van der Waals surface area contributed by atoms with Gasteiger partial charge >= 0.3 is 24.0 Å². The molecule has 0 heterocycles. The topological polar surface area (TPSA) is 172 Å². The molecule has 0 fully saturated rings. The molecule has 3 aromatic rings. The van der Waals surface area contributed by atoms with Gasteiger partial charge in [0.25, 0.3) is 0 Å². The Bertz CT molecular complexity index is 1640. The van der Waals surface area contributed by atoms with Gasteiger partial charge in [-0.2, -0.15) is 0 Å². The van der Waals surface area contributed by atoms with Crippen molar-refractivity contribution in [2.75, 3.05) is 13.3 Å². The highest BCUT2D eigenvalue weighted by Gasteiger charge is 2.47. The minimum atomic E-state index is -1.69. The van der Waals surface area contributed by atoms with Gasteiger partial charge in [0.15, 0.2) is 0 Å². The molecule has 49 heavy (non-hydrogen) atoms. The van der Waals surface area contributed by atoms with Gasteiger partial charge in [-0.3, -0.25) is 19.7 Å². The number of aliphatic carboxylic acids is 2. The van der Waals surface area contributed by atoms with Gasteiger partial charge in [-0.25, -0.2) is 9.59 Å². The Balaban J connectivity index is 1.56. The van der Waals surface area contributed by atoms with Crippen LogP contribution in [0.5, 0.6) is 0 Å². The highest BCUT2D eigenvalue weighted by molar-refractivity contribution is 5.93. The summed E-state index contributed by atoms with van der Waals surface area (Å²) in [7, 11) is 0. The van der Waals surface area contributed by atoms with Crippen molar-refractivity contribution in [1.29, 1.82) is 0 Å².